The van der Waals surface area contributed by atoms with E-state index in [9.17, 15) is 19.5 Å². The molecule has 0 radical (unpaired) electrons. The molecule has 1 aliphatic carbocycles. The smallest absolute Gasteiger partial charge is 0.228 e. The van der Waals surface area contributed by atoms with Crippen LogP contribution in [0.25, 0.3) is 0 Å². The standard InChI is InChI=1S/C23H26N2O4/c1-15-13-17(24-22(27)18-9-5-6-10-19(18)23(28)29)11-12-20(15)25-21(26)14-16-7-3-2-4-8-16/h2-4,7-8,11-13,18-19H,5-6,9-10,14H2,1H3,(H,24,27)(H,25,26)(H,28,29)/p-1/t18-,19+/m1/s1. The number of aliphatic carboxylic acids is 1. The van der Waals surface area contributed by atoms with Crippen molar-refractivity contribution in [1.29, 1.82) is 0 Å². The summed E-state index contributed by atoms with van der Waals surface area (Å²) in [4.78, 5) is 36.2. The average Bonchev–Trinajstić information content (AvgIpc) is 2.70. The molecule has 0 bridgehead atoms. The zero-order valence-corrected chi connectivity index (χ0v) is 16.4. The van der Waals surface area contributed by atoms with Crippen molar-refractivity contribution >= 4 is 29.2 Å². The zero-order valence-electron chi connectivity index (χ0n) is 16.4. The van der Waals surface area contributed by atoms with Gasteiger partial charge in [0, 0.05) is 29.2 Å². The molecule has 2 aromatic carbocycles. The Kier molecular flexibility index (Phi) is 6.65. The Hall–Kier alpha value is -3.15. The lowest BCUT2D eigenvalue weighted by atomic mass is 9.78. The van der Waals surface area contributed by atoms with Gasteiger partial charge in [0.1, 0.15) is 0 Å². The fraction of sp³-hybridized carbons (Fsp3) is 0.348. The first-order valence-corrected chi connectivity index (χ1v) is 9.90. The second-order valence-corrected chi connectivity index (χ2v) is 7.55. The summed E-state index contributed by atoms with van der Waals surface area (Å²) in [5, 5.41) is 17.0. The third-order valence-electron chi connectivity index (χ3n) is 5.38. The third kappa shape index (κ3) is 5.44. The van der Waals surface area contributed by atoms with Crippen LogP contribution in [0.3, 0.4) is 0 Å². The number of amides is 2. The molecule has 1 saturated carbocycles. The molecule has 0 aliphatic heterocycles. The van der Waals surface area contributed by atoms with Crippen molar-refractivity contribution < 1.29 is 19.5 Å². The van der Waals surface area contributed by atoms with Gasteiger partial charge in [0.2, 0.25) is 11.8 Å². The minimum absolute atomic E-state index is 0.116. The number of carbonyl (C=O) groups is 3. The van der Waals surface area contributed by atoms with Gasteiger partial charge in [-0.3, -0.25) is 9.59 Å². The van der Waals surface area contributed by atoms with E-state index >= 15 is 0 Å². The predicted octanol–water partition coefficient (Wildman–Crippen LogP) is 2.67. The van der Waals surface area contributed by atoms with Gasteiger partial charge in [0.05, 0.1) is 6.42 Å². The van der Waals surface area contributed by atoms with Crippen LogP contribution < -0.4 is 15.7 Å². The Morgan fingerprint density at radius 1 is 0.966 bits per heavy atom. The number of carboxylic acid groups (broad SMARTS) is 1. The van der Waals surface area contributed by atoms with Crippen molar-refractivity contribution in [1.82, 2.24) is 0 Å². The quantitative estimate of drug-likeness (QED) is 0.788. The minimum Gasteiger partial charge on any atom is -0.550 e. The van der Waals surface area contributed by atoms with Gasteiger partial charge in [-0.2, -0.15) is 0 Å². The minimum atomic E-state index is -1.16. The molecule has 6 heteroatoms. The number of anilines is 2. The van der Waals surface area contributed by atoms with Crippen LogP contribution in [0.4, 0.5) is 11.4 Å². The van der Waals surface area contributed by atoms with Crippen molar-refractivity contribution in [2.75, 3.05) is 10.6 Å². The zero-order chi connectivity index (χ0) is 20.8. The summed E-state index contributed by atoms with van der Waals surface area (Å²) in [6.07, 6.45) is 2.96. The number of hydrogen-bond donors (Lipinski definition) is 2. The molecule has 1 fully saturated rings. The molecule has 2 N–H and O–H groups in total. The molecule has 0 heterocycles. The first-order valence-electron chi connectivity index (χ1n) is 9.90. The number of rotatable bonds is 6. The Bertz CT molecular complexity index is 895. The predicted molar refractivity (Wildman–Crippen MR) is 109 cm³/mol. The molecule has 0 aromatic heterocycles. The highest BCUT2D eigenvalue weighted by atomic mass is 16.4. The summed E-state index contributed by atoms with van der Waals surface area (Å²) in [5.74, 6) is -2.87. The summed E-state index contributed by atoms with van der Waals surface area (Å²) in [6.45, 7) is 1.85. The topological polar surface area (TPSA) is 98.3 Å². The van der Waals surface area contributed by atoms with Gasteiger partial charge in [0.15, 0.2) is 0 Å². The molecule has 2 atom stereocenters. The SMILES string of the molecule is Cc1cc(NC(=O)[C@@H]2CCCC[C@@H]2C(=O)[O-])ccc1NC(=O)Cc1ccccc1. The lowest BCUT2D eigenvalue weighted by Crippen LogP contribution is -2.42. The maximum atomic E-state index is 12.6. The number of benzene rings is 2. The summed E-state index contributed by atoms with van der Waals surface area (Å²) in [5.41, 5.74) is 3.00. The Morgan fingerprint density at radius 2 is 1.66 bits per heavy atom. The first kappa shape index (κ1) is 20.6. The third-order valence-corrected chi connectivity index (χ3v) is 5.38. The molecule has 3 rings (SSSR count). The lowest BCUT2D eigenvalue weighted by molar-refractivity contribution is -0.313. The molecular weight excluding hydrogens is 368 g/mol. The van der Waals surface area contributed by atoms with Crippen LogP contribution in [-0.4, -0.2) is 17.8 Å². The van der Waals surface area contributed by atoms with Gasteiger partial charge in [-0.05, 0) is 49.1 Å². The van der Waals surface area contributed by atoms with Crippen LogP contribution >= 0.6 is 0 Å². The molecule has 2 aromatic rings. The van der Waals surface area contributed by atoms with Crippen LogP contribution in [0.15, 0.2) is 48.5 Å². The lowest BCUT2D eigenvalue weighted by Gasteiger charge is -2.31. The number of hydrogen-bond acceptors (Lipinski definition) is 4. The number of aryl methyl sites for hydroxylation is 1. The Morgan fingerprint density at radius 3 is 2.31 bits per heavy atom. The highest BCUT2D eigenvalue weighted by molar-refractivity contribution is 5.96. The van der Waals surface area contributed by atoms with Crippen molar-refractivity contribution in [3.8, 4) is 0 Å². The first-order chi connectivity index (χ1) is 13.9. The van der Waals surface area contributed by atoms with E-state index in [2.05, 4.69) is 10.6 Å². The normalized spacial score (nSPS) is 18.7. The van der Waals surface area contributed by atoms with E-state index in [4.69, 9.17) is 0 Å². The highest BCUT2D eigenvalue weighted by Crippen LogP contribution is 2.31. The van der Waals surface area contributed by atoms with Gasteiger partial charge >= 0.3 is 0 Å². The molecule has 152 valence electrons. The monoisotopic (exact) mass is 393 g/mol. The maximum absolute atomic E-state index is 12.6. The second kappa shape index (κ2) is 9.37. The molecular formula is C23H25N2O4-. The molecule has 0 unspecified atom stereocenters. The van der Waals surface area contributed by atoms with E-state index < -0.39 is 17.8 Å². The van der Waals surface area contributed by atoms with Crippen molar-refractivity contribution in [3.05, 3.63) is 59.7 Å². The number of carbonyl (C=O) groups excluding carboxylic acids is 3. The maximum Gasteiger partial charge on any atom is 0.228 e. The van der Waals surface area contributed by atoms with Crippen LogP contribution in [0.2, 0.25) is 0 Å². The molecule has 0 saturated heterocycles. The number of carboxylic acids is 1. The van der Waals surface area contributed by atoms with E-state index in [-0.39, 0.29) is 18.2 Å². The summed E-state index contributed by atoms with van der Waals surface area (Å²) in [6, 6.07) is 14.7. The molecule has 6 nitrogen and oxygen atoms in total. The van der Waals surface area contributed by atoms with Gasteiger partial charge < -0.3 is 20.5 Å². The molecule has 2 amide bonds. The molecule has 29 heavy (non-hydrogen) atoms. The van der Waals surface area contributed by atoms with Crippen LogP contribution in [0.1, 0.15) is 36.8 Å². The molecule has 0 spiro atoms. The van der Waals surface area contributed by atoms with E-state index in [0.717, 1.165) is 24.0 Å². The fourth-order valence-electron chi connectivity index (χ4n) is 3.82. The van der Waals surface area contributed by atoms with Crippen LogP contribution in [-0.2, 0) is 20.8 Å². The Balaban J connectivity index is 1.62. The second-order valence-electron chi connectivity index (χ2n) is 7.55. The number of nitrogens with one attached hydrogen (secondary N) is 2. The van der Waals surface area contributed by atoms with Gasteiger partial charge in [-0.1, -0.05) is 43.2 Å². The fourth-order valence-corrected chi connectivity index (χ4v) is 3.82. The van der Waals surface area contributed by atoms with Crippen molar-refractivity contribution in [3.63, 3.8) is 0 Å². The van der Waals surface area contributed by atoms with Gasteiger partial charge in [-0.25, -0.2) is 0 Å². The van der Waals surface area contributed by atoms with Gasteiger partial charge in [-0.15, -0.1) is 0 Å². The summed E-state index contributed by atoms with van der Waals surface area (Å²) in [7, 11) is 0. The average molecular weight is 393 g/mol. The van der Waals surface area contributed by atoms with Crippen LogP contribution in [0.5, 0.6) is 0 Å². The van der Waals surface area contributed by atoms with Crippen molar-refractivity contribution in [2.24, 2.45) is 11.8 Å². The van der Waals surface area contributed by atoms with E-state index in [1.807, 2.05) is 37.3 Å². The Labute approximate surface area is 170 Å². The highest BCUT2D eigenvalue weighted by Gasteiger charge is 2.31. The van der Waals surface area contributed by atoms with Crippen molar-refractivity contribution in [2.45, 2.75) is 39.0 Å². The van der Waals surface area contributed by atoms with E-state index in [1.54, 1.807) is 18.2 Å². The van der Waals surface area contributed by atoms with E-state index in [1.165, 1.54) is 0 Å². The molecule has 1 aliphatic rings. The largest absolute Gasteiger partial charge is 0.550 e. The van der Waals surface area contributed by atoms with Crippen LogP contribution in [0, 0.1) is 18.8 Å². The van der Waals surface area contributed by atoms with Gasteiger partial charge in [0.25, 0.3) is 0 Å². The van der Waals surface area contributed by atoms with E-state index in [0.29, 0.717) is 24.2 Å². The summed E-state index contributed by atoms with van der Waals surface area (Å²) < 4.78 is 0. The summed E-state index contributed by atoms with van der Waals surface area (Å²) >= 11 is 0.